The fraction of sp³-hybridized carbons (Fsp3) is 0.700. The highest BCUT2D eigenvalue weighted by Crippen LogP contribution is 2.63. The molecule has 0 aromatic heterocycles. The number of fused-ring (bicyclic) bond motifs is 5. The first kappa shape index (κ1) is 6.70. The summed E-state index contributed by atoms with van der Waals surface area (Å²) in [4.78, 5) is 10.8. The van der Waals surface area contributed by atoms with Crippen LogP contribution in [0.5, 0.6) is 0 Å². The van der Waals surface area contributed by atoms with Crippen molar-refractivity contribution in [3.8, 4) is 0 Å². The molecule has 3 rings (SSSR count). The van der Waals surface area contributed by atoms with Gasteiger partial charge in [-0.15, -0.1) is 0 Å². The number of hydrogen-bond acceptors (Lipinski definition) is 2. The molecule has 0 heterocycles. The predicted molar refractivity (Wildman–Crippen MR) is 43.3 cm³/mol. The Labute approximate surface area is 71.6 Å². The molecule has 0 amide bonds. The van der Waals surface area contributed by atoms with E-state index >= 15 is 0 Å². The lowest BCUT2D eigenvalue weighted by Gasteiger charge is -2.18. The van der Waals surface area contributed by atoms with Gasteiger partial charge in [0.05, 0.1) is 0 Å². The van der Waals surface area contributed by atoms with Gasteiger partial charge in [0.15, 0.2) is 0 Å². The molecule has 64 valence electrons. The molecule has 12 heavy (non-hydrogen) atoms. The minimum absolute atomic E-state index is 0.125. The summed E-state index contributed by atoms with van der Waals surface area (Å²) in [6.45, 7) is 1.50. The molecule has 0 aromatic carbocycles. The Bertz CT molecular complexity index is 251. The van der Waals surface area contributed by atoms with Gasteiger partial charge >= 0.3 is 5.97 Å². The minimum atomic E-state index is -0.125. The van der Waals surface area contributed by atoms with Crippen molar-refractivity contribution in [3.63, 3.8) is 0 Å². The van der Waals surface area contributed by atoms with E-state index in [9.17, 15) is 4.79 Å². The van der Waals surface area contributed by atoms with E-state index in [4.69, 9.17) is 4.74 Å². The lowest BCUT2D eigenvalue weighted by molar-refractivity contribution is -0.148. The summed E-state index contributed by atoms with van der Waals surface area (Å²) < 4.78 is 5.30. The Morgan fingerprint density at radius 2 is 1.92 bits per heavy atom. The zero-order valence-corrected chi connectivity index (χ0v) is 7.07. The number of esters is 1. The molecule has 3 aliphatic rings. The second-order valence-electron chi connectivity index (χ2n) is 4.18. The Morgan fingerprint density at radius 1 is 1.33 bits per heavy atom. The topological polar surface area (TPSA) is 26.3 Å². The third-order valence-corrected chi connectivity index (χ3v) is 3.50. The normalized spacial score (nSPS) is 52.2. The molecule has 2 heteroatoms. The van der Waals surface area contributed by atoms with Crippen LogP contribution in [0, 0.1) is 23.7 Å². The minimum Gasteiger partial charge on any atom is -0.461 e. The van der Waals surface area contributed by atoms with Crippen LogP contribution in [0.15, 0.2) is 12.2 Å². The number of carbonyl (C=O) groups excluding carboxylic acids is 1. The summed E-state index contributed by atoms with van der Waals surface area (Å²) in [5.41, 5.74) is 0. The molecule has 0 N–H and O–H groups in total. The standard InChI is InChI=1S/C10H12O2/c1-5(11)12-10-6-2-3-7(10)9-4-8(6)9/h2-3,6-10H,4H2,1H3/t6-,7-,8-,9-/m1/s1. The predicted octanol–water partition coefficient (Wildman–Crippen LogP) is 1.37. The Hall–Kier alpha value is -0.790. The van der Waals surface area contributed by atoms with Gasteiger partial charge in [0.1, 0.15) is 6.10 Å². The lowest BCUT2D eigenvalue weighted by atomic mass is 10.0. The van der Waals surface area contributed by atoms with E-state index in [2.05, 4.69) is 12.2 Å². The van der Waals surface area contributed by atoms with Crippen LogP contribution in [0.1, 0.15) is 13.3 Å². The molecular formula is C10H12O2. The molecule has 2 nitrogen and oxygen atoms in total. The maximum Gasteiger partial charge on any atom is 0.302 e. The third kappa shape index (κ3) is 0.680. The van der Waals surface area contributed by atoms with Gasteiger partial charge < -0.3 is 4.74 Å². The maximum absolute atomic E-state index is 10.8. The van der Waals surface area contributed by atoms with Crippen molar-refractivity contribution >= 4 is 5.97 Å². The average Bonchev–Trinajstić information content (AvgIpc) is 2.66. The van der Waals surface area contributed by atoms with Crippen LogP contribution in [-0.2, 0) is 9.53 Å². The second kappa shape index (κ2) is 1.93. The fourth-order valence-electron chi connectivity index (χ4n) is 2.97. The van der Waals surface area contributed by atoms with Crippen molar-refractivity contribution in [2.24, 2.45) is 23.7 Å². The Kier molecular flexibility index (Phi) is 1.07. The molecule has 0 aromatic rings. The Morgan fingerprint density at radius 3 is 2.42 bits per heavy atom. The first-order valence-electron chi connectivity index (χ1n) is 4.63. The smallest absolute Gasteiger partial charge is 0.302 e. The van der Waals surface area contributed by atoms with E-state index in [0.29, 0.717) is 11.8 Å². The summed E-state index contributed by atoms with van der Waals surface area (Å²) in [5.74, 6) is 2.70. The monoisotopic (exact) mass is 164 g/mol. The van der Waals surface area contributed by atoms with E-state index < -0.39 is 0 Å². The molecular weight excluding hydrogens is 152 g/mol. The third-order valence-electron chi connectivity index (χ3n) is 3.50. The first-order valence-corrected chi connectivity index (χ1v) is 4.63. The molecule has 2 bridgehead atoms. The molecule has 4 atom stereocenters. The quantitative estimate of drug-likeness (QED) is 0.432. The van der Waals surface area contributed by atoms with Gasteiger partial charge in [0, 0.05) is 18.8 Å². The zero-order chi connectivity index (χ0) is 8.29. The summed E-state index contributed by atoms with van der Waals surface area (Å²) >= 11 is 0. The molecule has 0 radical (unpaired) electrons. The molecule has 2 saturated carbocycles. The summed E-state index contributed by atoms with van der Waals surface area (Å²) in [7, 11) is 0. The van der Waals surface area contributed by atoms with Crippen molar-refractivity contribution in [1.82, 2.24) is 0 Å². The molecule has 2 fully saturated rings. The van der Waals surface area contributed by atoms with Crippen molar-refractivity contribution in [3.05, 3.63) is 12.2 Å². The molecule has 0 spiro atoms. The van der Waals surface area contributed by atoms with Crippen LogP contribution in [0.3, 0.4) is 0 Å². The van der Waals surface area contributed by atoms with Crippen LogP contribution in [0.25, 0.3) is 0 Å². The van der Waals surface area contributed by atoms with Crippen LogP contribution in [0.2, 0.25) is 0 Å². The van der Waals surface area contributed by atoms with Crippen molar-refractivity contribution < 1.29 is 9.53 Å². The summed E-state index contributed by atoms with van der Waals surface area (Å²) in [5, 5.41) is 0. The highest BCUT2D eigenvalue weighted by atomic mass is 16.5. The number of rotatable bonds is 1. The van der Waals surface area contributed by atoms with Crippen LogP contribution < -0.4 is 0 Å². The number of carbonyl (C=O) groups is 1. The number of hydrogen-bond donors (Lipinski definition) is 0. The zero-order valence-electron chi connectivity index (χ0n) is 7.07. The van der Waals surface area contributed by atoms with Gasteiger partial charge in [0.2, 0.25) is 0 Å². The van der Waals surface area contributed by atoms with E-state index in [1.54, 1.807) is 0 Å². The SMILES string of the molecule is CC(=O)OC1[C@@H]2C=C[C@@H]1[C@H]1C[C@@H]12. The van der Waals surface area contributed by atoms with E-state index in [1.165, 1.54) is 13.3 Å². The van der Waals surface area contributed by atoms with Gasteiger partial charge in [-0.1, -0.05) is 12.2 Å². The highest BCUT2D eigenvalue weighted by Gasteiger charge is 2.61. The average molecular weight is 164 g/mol. The first-order chi connectivity index (χ1) is 5.77. The van der Waals surface area contributed by atoms with E-state index in [0.717, 1.165) is 11.8 Å². The lowest BCUT2D eigenvalue weighted by Crippen LogP contribution is -2.24. The van der Waals surface area contributed by atoms with Gasteiger partial charge in [0.25, 0.3) is 0 Å². The van der Waals surface area contributed by atoms with Gasteiger partial charge in [-0.3, -0.25) is 4.79 Å². The summed E-state index contributed by atoms with van der Waals surface area (Å²) in [6, 6.07) is 0. The van der Waals surface area contributed by atoms with Crippen LogP contribution in [0.4, 0.5) is 0 Å². The van der Waals surface area contributed by atoms with E-state index in [1.807, 2.05) is 0 Å². The van der Waals surface area contributed by atoms with Gasteiger partial charge in [-0.25, -0.2) is 0 Å². The fourth-order valence-corrected chi connectivity index (χ4v) is 2.97. The van der Waals surface area contributed by atoms with Gasteiger partial charge in [-0.05, 0) is 18.3 Å². The Balaban J connectivity index is 1.80. The largest absolute Gasteiger partial charge is 0.461 e. The molecule has 0 aliphatic heterocycles. The summed E-state index contributed by atoms with van der Waals surface area (Å²) in [6.07, 6.45) is 6.05. The van der Waals surface area contributed by atoms with Crippen molar-refractivity contribution in [2.45, 2.75) is 19.4 Å². The van der Waals surface area contributed by atoms with E-state index in [-0.39, 0.29) is 12.1 Å². The van der Waals surface area contributed by atoms with Crippen LogP contribution in [-0.4, -0.2) is 12.1 Å². The second-order valence-corrected chi connectivity index (χ2v) is 4.18. The maximum atomic E-state index is 10.8. The molecule has 0 unspecified atom stereocenters. The molecule has 0 saturated heterocycles. The van der Waals surface area contributed by atoms with Crippen molar-refractivity contribution in [2.75, 3.05) is 0 Å². The van der Waals surface area contributed by atoms with Crippen LogP contribution >= 0.6 is 0 Å². The van der Waals surface area contributed by atoms with Gasteiger partial charge in [-0.2, -0.15) is 0 Å². The highest BCUT2D eigenvalue weighted by molar-refractivity contribution is 5.66. The molecule has 3 aliphatic carbocycles. The van der Waals surface area contributed by atoms with Crippen molar-refractivity contribution in [1.29, 1.82) is 0 Å². The number of ether oxygens (including phenoxy) is 1.